The van der Waals surface area contributed by atoms with Crippen LogP contribution in [0.5, 0.6) is 0 Å². The Balaban J connectivity index is 1.84. The van der Waals surface area contributed by atoms with Crippen molar-refractivity contribution in [3.63, 3.8) is 0 Å². The Morgan fingerprint density at radius 3 is 1.82 bits per heavy atom. The largest absolute Gasteiger partial charge is 0.379 e. The summed E-state index contributed by atoms with van der Waals surface area (Å²) in [6, 6.07) is 10.3. The van der Waals surface area contributed by atoms with Crippen molar-refractivity contribution in [3.8, 4) is 0 Å². The van der Waals surface area contributed by atoms with Gasteiger partial charge in [-0.2, -0.15) is 0 Å². The van der Waals surface area contributed by atoms with Crippen LogP contribution in [0.15, 0.2) is 30.3 Å². The minimum absolute atomic E-state index is 0.00983. The van der Waals surface area contributed by atoms with Crippen molar-refractivity contribution in [2.75, 3.05) is 26.9 Å². The van der Waals surface area contributed by atoms with E-state index in [1.165, 1.54) is 95.5 Å². The van der Waals surface area contributed by atoms with Gasteiger partial charge >= 0.3 is 0 Å². The van der Waals surface area contributed by atoms with Gasteiger partial charge in [-0.1, -0.05) is 134 Å². The van der Waals surface area contributed by atoms with E-state index in [-0.39, 0.29) is 6.10 Å². The fourth-order valence-electron chi connectivity index (χ4n) is 4.28. The van der Waals surface area contributed by atoms with Gasteiger partial charge in [0.05, 0.1) is 19.8 Å². The molecular weight excluding hydrogens is 408 g/mol. The molecule has 0 radical (unpaired) electrons. The second kappa shape index (κ2) is 22.9. The first-order chi connectivity index (χ1) is 16.3. The summed E-state index contributed by atoms with van der Waals surface area (Å²) in [5.41, 5.74) is 1.19. The third kappa shape index (κ3) is 19.1. The van der Waals surface area contributed by atoms with Crippen LogP contribution in [0.2, 0.25) is 0 Å². The summed E-state index contributed by atoms with van der Waals surface area (Å²) < 4.78 is 17.1. The molecule has 0 spiro atoms. The van der Waals surface area contributed by atoms with E-state index in [9.17, 15) is 0 Å². The van der Waals surface area contributed by atoms with E-state index in [0.29, 0.717) is 19.8 Å². The number of hydrogen-bond acceptors (Lipinski definition) is 3. The van der Waals surface area contributed by atoms with E-state index in [4.69, 9.17) is 14.2 Å². The highest BCUT2D eigenvalue weighted by atomic mass is 16.6. The Morgan fingerprint density at radius 2 is 1.21 bits per heavy atom. The minimum Gasteiger partial charge on any atom is -0.379 e. The molecule has 33 heavy (non-hydrogen) atoms. The van der Waals surface area contributed by atoms with E-state index < -0.39 is 0 Å². The zero-order valence-electron chi connectivity index (χ0n) is 22.2. The molecule has 0 aliphatic carbocycles. The SMILES string of the molecule is CCCCCCCCCCCC(C)CCCCCCOCC(COCc1ccccc1)OC. The van der Waals surface area contributed by atoms with Crippen LogP contribution in [0.3, 0.4) is 0 Å². The predicted octanol–water partition coefficient (Wildman–Crippen LogP) is 8.74. The van der Waals surface area contributed by atoms with Crippen LogP contribution >= 0.6 is 0 Å². The Labute approximate surface area is 206 Å². The average molecular weight is 463 g/mol. The molecule has 0 saturated heterocycles. The fourth-order valence-corrected chi connectivity index (χ4v) is 4.28. The molecule has 0 amide bonds. The number of hydrogen-bond donors (Lipinski definition) is 0. The molecule has 0 saturated carbocycles. The minimum atomic E-state index is 0.00983. The molecular formula is C30H54O3. The summed E-state index contributed by atoms with van der Waals surface area (Å²) in [5, 5.41) is 0. The van der Waals surface area contributed by atoms with Crippen molar-refractivity contribution in [1.82, 2.24) is 0 Å². The molecule has 0 heterocycles. The van der Waals surface area contributed by atoms with E-state index in [1.54, 1.807) is 7.11 Å². The van der Waals surface area contributed by atoms with Gasteiger partial charge in [-0.3, -0.25) is 0 Å². The van der Waals surface area contributed by atoms with Gasteiger partial charge in [-0.05, 0) is 17.9 Å². The summed E-state index contributed by atoms with van der Waals surface area (Å²) in [6.07, 6.45) is 20.8. The molecule has 3 nitrogen and oxygen atoms in total. The molecule has 1 aromatic rings. The van der Waals surface area contributed by atoms with Gasteiger partial charge in [-0.15, -0.1) is 0 Å². The van der Waals surface area contributed by atoms with Gasteiger partial charge in [-0.25, -0.2) is 0 Å². The van der Waals surface area contributed by atoms with Crippen LogP contribution in [0, 0.1) is 5.92 Å². The molecule has 0 aliphatic heterocycles. The van der Waals surface area contributed by atoms with Gasteiger partial charge < -0.3 is 14.2 Å². The van der Waals surface area contributed by atoms with Crippen LogP contribution in [-0.2, 0) is 20.8 Å². The van der Waals surface area contributed by atoms with Gasteiger partial charge in [0.1, 0.15) is 6.10 Å². The molecule has 0 N–H and O–H groups in total. The van der Waals surface area contributed by atoms with Gasteiger partial charge in [0.2, 0.25) is 0 Å². The standard InChI is InChI=1S/C30H54O3/c1-4-5-6-7-8-9-10-11-15-20-28(2)21-16-12-13-19-24-32-26-30(31-3)27-33-25-29-22-17-14-18-23-29/h14,17-18,22-23,28,30H,4-13,15-16,19-21,24-27H2,1-3H3. The summed E-state index contributed by atoms with van der Waals surface area (Å²) in [7, 11) is 1.73. The molecule has 0 aromatic heterocycles. The molecule has 192 valence electrons. The fraction of sp³-hybridized carbons (Fsp3) is 0.800. The smallest absolute Gasteiger partial charge is 0.104 e. The number of benzene rings is 1. The normalized spacial score (nSPS) is 13.3. The molecule has 0 bridgehead atoms. The Hall–Kier alpha value is -0.900. The Morgan fingerprint density at radius 1 is 0.667 bits per heavy atom. The third-order valence-electron chi connectivity index (χ3n) is 6.59. The van der Waals surface area contributed by atoms with Gasteiger partial charge in [0, 0.05) is 13.7 Å². The van der Waals surface area contributed by atoms with Crippen molar-refractivity contribution in [3.05, 3.63) is 35.9 Å². The van der Waals surface area contributed by atoms with Crippen molar-refractivity contribution < 1.29 is 14.2 Å². The Kier molecular flexibility index (Phi) is 20.9. The monoisotopic (exact) mass is 462 g/mol. The van der Waals surface area contributed by atoms with Crippen molar-refractivity contribution in [1.29, 1.82) is 0 Å². The van der Waals surface area contributed by atoms with E-state index in [0.717, 1.165) is 18.9 Å². The van der Waals surface area contributed by atoms with Crippen molar-refractivity contribution >= 4 is 0 Å². The quantitative estimate of drug-likeness (QED) is 0.144. The van der Waals surface area contributed by atoms with Crippen molar-refractivity contribution in [2.24, 2.45) is 5.92 Å². The lowest BCUT2D eigenvalue weighted by atomic mass is 9.96. The maximum atomic E-state index is 5.82. The Bertz CT molecular complexity index is 505. The highest BCUT2D eigenvalue weighted by Crippen LogP contribution is 2.18. The average Bonchev–Trinajstić information content (AvgIpc) is 2.84. The number of ether oxygens (including phenoxy) is 3. The van der Waals surface area contributed by atoms with Crippen molar-refractivity contribution in [2.45, 2.75) is 123 Å². The highest BCUT2D eigenvalue weighted by molar-refractivity contribution is 5.13. The first-order valence-electron chi connectivity index (χ1n) is 14.0. The first-order valence-corrected chi connectivity index (χ1v) is 14.0. The lowest BCUT2D eigenvalue weighted by molar-refractivity contribution is -0.0451. The number of rotatable bonds is 24. The third-order valence-corrected chi connectivity index (χ3v) is 6.59. The topological polar surface area (TPSA) is 27.7 Å². The molecule has 1 rings (SSSR count). The van der Waals surface area contributed by atoms with Gasteiger partial charge in [0.15, 0.2) is 0 Å². The molecule has 3 heteroatoms. The second-order valence-electron chi connectivity index (χ2n) is 9.86. The zero-order chi connectivity index (χ0) is 23.8. The zero-order valence-corrected chi connectivity index (χ0v) is 22.2. The first kappa shape index (κ1) is 30.1. The van der Waals surface area contributed by atoms with Crippen LogP contribution in [0.1, 0.15) is 116 Å². The molecule has 0 fully saturated rings. The van der Waals surface area contributed by atoms with Crippen LogP contribution in [-0.4, -0.2) is 33.0 Å². The van der Waals surface area contributed by atoms with E-state index >= 15 is 0 Å². The summed E-state index contributed by atoms with van der Waals surface area (Å²) in [4.78, 5) is 0. The maximum absolute atomic E-state index is 5.82. The lowest BCUT2D eigenvalue weighted by Crippen LogP contribution is -2.24. The molecule has 0 aliphatic rings. The van der Waals surface area contributed by atoms with E-state index in [1.807, 2.05) is 18.2 Å². The molecule has 2 unspecified atom stereocenters. The molecule has 2 atom stereocenters. The summed E-state index contributed by atoms with van der Waals surface area (Å²) >= 11 is 0. The molecule has 1 aromatic carbocycles. The second-order valence-corrected chi connectivity index (χ2v) is 9.86. The number of methoxy groups -OCH3 is 1. The van der Waals surface area contributed by atoms with Crippen LogP contribution in [0.25, 0.3) is 0 Å². The van der Waals surface area contributed by atoms with Crippen LogP contribution in [0.4, 0.5) is 0 Å². The highest BCUT2D eigenvalue weighted by Gasteiger charge is 2.08. The van der Waals surface area contributed by atoms with Gasteiger partial charge in [0.25, 0.3) is 0 Å². The van der Waals surface area contributed by atoms with Crippen LogP contribution < -0.4 is 0 Å². The maximum Gasteiger partial charge on any atom is 0.104 e. The van der Waals surface area contributed by atoms with E-state index in [2.05, 4.69) is 26.0 Å². The summed E-state index contributed by atoms with van der Waals surface area (Å²) in [5.74, 6) is 0.893. The predicted molar refractivity (Wildman–Crippen MR) is 142 cm³/mol. The number of unbranched alkanes of at least 4 members (excludes halogenated alkanes) is 11. The lowest BCUT2D eigenvalue weighted by Gasteiger charge is -2.16. The summed E-state index contributed by atoms with van der Waals surface area (Å²) in [6.45, 7) is 7.37.